The van der Waals surface area contributed by atoms with Crippen LogP contribution in [0, 0.1) is 5.82 Å². The number of nitrogens with one attached hydrogen (secondary N) is 1. The summed E-state index contributed by atoms with van der Waals surface area (Å²) < 4.78 is 15.0. The molecule has 0 aliphatic carbocycles. The zero-order valence-electron chi connectivity index (χ0n) is 10.2. The van der Waals surface area contributed by atoms with Crippen molar-refractivity contribution in [1.82, 2.24) is 4.98 Å². The second-order valence-electron chi connectivity index (χ2n) is 4.22. The maximum absolute atomic E-state index is 13.5. The molecule has 1 N–H and O–H groups in total. The largest absolute Gasteiger partial charge is 0.378 e. The first-order valence-electron chi connectivity index (χ1n) is 5.84. The summed E-state index contributed by atoms with van der Waals surface area (Å²) in [6, 6.07) is 8.82. The summed E-state index contributed by atoms with van der Waals surface area (Å²) in [6.45, 7) is 0.487. The van der Waals surface area contributed by atoms with Crippen molar-refractivity contribution in [3.63, 3.8) is 0 Å². The summed E-state index contributed by atoms with van der Waals surface area (Å²) in [5.41, 5.74) is 4.26. The highest BCUT2D eigenvalue weighted by Crippen LogP contribution is 2.32. The van der Waals surface area contributed by atoms with E-state index in [-0.39, 0.29) is 5.82 Å². The maximum atomic E-state index is 13.5. The molecule has 0 fully saturated rings. The topological polar surface area (TPSA) is 24.9 Å². The summed E-state index contributed by atoms with van der Waals surface area (Å²) in [5, 5.41) is 3.85. The zero-order valence-corrected chi connectivity index (χ0v) is 13.3. The van der Waals surface area contributed by atoms with Crippen molar-refractivity contribution in [2.24, 2.45) is 0 Å². The lowest BCUT2D eigenvalue weighted by atomic mass is 10.2. The van der Waals surface area contributed by atoms with Crippen LogP contribution in [0.4, 0.5) is 10.1 Å². The van der Waals surface area contributed by atoms with Gasteiger partial charge < -0.3 is 5.32 Å². The third-order valence-electron chi connectivity index (χ3n) is 2.90. The Morgan fingerprint density at radius 2 is 2.15 bits per heavy atom. The van der Waals surface area contributed by atoms with Crippen molar-refractivity contribution in [1.29, 1.82) is 0 Å². The van der Waals surface area contributed by atoms with E-state index in [1.165, 1.54) is 6.07 Å². The summed E-state index contributed by atoms with van der Waals surface area (Å²) in [6.07, 6.45) is 0. The molecule has 0 spiro atoms. The molecule has 0 aliphatic heterocycles. The lowest BCUT2D eigenvalue weighted by molar-refractivity contribution is 0.619. The van der Waals surface area contributed by atoms with E-state index < -0.39 is 0 Å². The van der Waals surface area contributed by atoms with Gasteiger partial charge in [0, 0.05) is 6.54 Å². The van der Waals surface area contributed by atoms with Gasteiger partial charge in [0.15, 0.2) is 0 Å². The van der Waals surface area contributed by atoms with Crippen LogP contribution in [0.1, 0.15) is 5.56 Å². The first-order chi connectivity index (χ1) is 9.65. The fourth-order valence-electron chi connectivity index (χ4n) is 1.91. The number of hydrogen-bond acceptors (Lipinski definition) is 3. The second-order valence-corrected chi connectivity index (χ2v) is 6.37. The standard InChI is InChI=1S/C14H9BrClFN2S/c15-9-2-1-8(5-11(9)17)6-18-13-10(16)3-4-12-14(13)19-7-20-12/h1-5,7,18H,6H2. The number of benzene rings is 2. The molecule has 1 heterocycles. The van der Waals surface area contributed by atoms with Crippen LogP contribution < -0.4 is 5.32 Å². The number of nitrogens with zero attached hydrogens (tertiary/aromatic N) is 1. The number of hydrogen-bond donors (Lipinski definition) is 1. The Morgan fingerprint density at radius 3 is 2.95 bits per heavy atom. The van der Waals surface area contributed by atoms with Crippen molar-refractivity contribution in [2.45, 2.75) is 6.54 Å². The van der Waals surface area contributed by atoms with Gasteiger partial charge in [-0.25, -0.2) is 9.37 Å². The summed E-state index contributed by atoms with van der Waals surface area (Å²) in [5.74, 6) is -0.276. The predicted octanol–water partition coefficient (Wildman–Crippen LogP) is 5.46. The van der Waals surface area contributed by atoms with Crippen LogP contribution >= 0.6 is 38.9 Å². The molecule has 0 saturated carbocycles. The molecule has 6 heteroatoms. The Labute approximate surface area is 132 Å². The smallest absolute Gasteiger partial charge is 0.137 e. The molecule has 0 bridgehead atoms. The zero-order chi connectivity index (χ0) is 14.1. The van der Waals surface area contributed by atoms with Gasteiger partial charge in [0.1, 0.15) is 11.3 Å². The van der Waals surface area contributed by atoms with Gasteiger partial charge in [0.05, 0.1) is 25.4 Å². The van der Waals surface area contributed by atoms with Crippen LogP contribution in [0.15, 0.2) is 40.3 Å². The molecule has 0 unspecified atom stereocenters. The minimum atomic E-state index is -0.276. The van der Waals surface area contributed by atoms with Gasteiger partial charge in [-0.2, -0.15) is 0 Å². The van der Waals surface area contributed by atoms with Gasteiger partial charge in [-0.1, -0.05) is 17.7 Å². The SMILES string of the molecule is Fc1cc(CNc2c(Cl)ccc3scnc23)ccc1Br. The molecule has 0 radical (unpaired) electrons. The molecule has 0 aliphatic rings. The van der Waals surface area contributed by atoms with E-state index in [0.29, 0.717) is 16.0 Å². The molecule has 2 aromatic carbocycles. The second kappa shape index (κ2) is 5.68. The van der Waals surface area contributed by atoms with Gasteiger partial charge >= 0.3 is 0 Å². The molecular formula is C14H9BrClFN2S. The van der Waals surface area contributed by atoms with E-state index in [2.05, 4.69) is 26.2 Å². The normalized spacial score (nSPS) is 10.9. The third-order valence-corrected chi connectivity index (χ3v) is 4.66. The van der Waals surface area contributed by atoms with Crippen molar-refractivity contribution < 1.29 is 4.39 Å². The van der Waals surface area contributed by atoms with Crippen LogP contribution in [-0.2, 0) is 6.54 Å². The molecule has 2 nitrogen and oxygen atoms in total. The van der Waals surface area contributed by atoms with Crippen LogP contribution in [0.2, 0.25) is 5.02 Å². The van der Waals surface area contributed by atoms with Crippen LogP contribution in [0.5, 0.6) is 0 Å². The van der Waals surface area contributed by atoms with Crippen molar-refractivity contribution in [3.05, 3.63) is 56.7 Å². The fraction of sp³-hybridized carbons (Fsp3) is 0.0714. The quantitative estimate of drug-likeness (QED) is 0.661. The van der Waals surface area contributed by atoms with Crippen LogP contribution in [0.25, 0.3) is 10.2 Å². The van der Waals surface area contributed by atoms with Gasteiger partial charge in [-0.05, 0) is 45.8 Å². The van der Waals surface area contributed by atoms with Crippen molar-refractivity contribution in [2.75, 3.05) is 5.32 Å². The maximum Gasteiger partial charge on any atom is 0.137 e. The highest BCUT2D eigenvalue weighted by atomic mass is 79.9. The molecular weight excluding hydrogens is 363 g/mol. The lowest BCUT2D eigenvalue weighted by Gasteiger charge is -2.09. The third kappa shape index (κ3) is 2.66. The summed E-state index contributed by atoms with van der Waals surface area (Å²) in [7, 11) is 0. The van der Waals surface area contributed by atoms with Gasteiger partial charge in [-0.15, -0.1) is 11.3 Å². The first-order valence-corrected chi connectivity index (χ1v) is 7.90. The van der Waals surface area contributed by atoms with Gasteiger partial charge in [0.2, 0.25) is 0 Å². The lowest BCUT2D eigenvalue weighted by Crippen LogP contribution is -2.01. The molecule has 0 saturated heterocycles. The molecule has 20 heavy (non-hydrogen) atoms. The molecule has 0 amide bonds. The number of anilines is 1. The number of aromatic nitrogens is 1. The highest BCUT2D eigenvalue weighted by Gasteiger charge is 2.09. The van der Waals surface area contributed by atoms with Crippen molar-refractivity contribution in [3.8, 4) is 0 Å². The van der Waals surface area contributed by atoms with E-state index in [1.807, 2.05) is 18.2 Å². The van der Waals surface area contributed by atoms with E-state index >= 15 is 0 Å². The molecule has 0 atom stereocenters. The minimum absolute atomic E-state index is 0.276. The van der Waals surface area contributed by atoms with Gasteiger partial charge in [0.25, 0.3) is 0 Å². The van der Waals surface area contributed by atoms with Gasteiger partial charge in [-0.3, -0.25) is 0 Å². The monoisotopic (exact) mass is 370 g/mol. The summed E-state index contributed by atoms with van der Waals surface area (Å²) in [4.78, 5) is 4.31. The van der Waals surface area contributed by atoms with E-state index in [0.717, 1.165) is 21.5 Å². The van der Waals surface area contributed by atoms with Crippen molar-refractivity contribution >= 4 is 54.8 Å². The van der Waals surface area contributed by atoms with Crippen LogP contribution in [0.3, 0.4) is 0 Å². The Kier molecular flexibility index (Phi) is 3.92. The van der Waals surface area contributed by atoms with E-state index in [9.17, 15) is 4.39 Å². The average Bonchev–Trinajstić information content (AvgIpc) is 2.90. The number of rotatable bonds is 3. The molecule has 3 rings (SSSR count). The Morgan fingerprint density at radius 1 is 1.30 bits per heavy atom. The predicted molar refractivity (Wildman–Crippen MR) is 86.1 cm³/mol. The molecule has 3 aromatic rings. The molecule has 1 aromatic heterocycles. The van der Waals surface area contributed by atoms with Crippen LogP contribution in [-0.4, -0.2) is 4.98 Å². The average molecular weight is 372 g/mol. The fourth-order valence-corrected chi connectivity index (χ4v) is 3.07. The number of thiazole rings is 1. The number of halogens is 3. The summed E-state index contributed by atoms with van der Waals surface area (Å²) >= 11 is 10.9. The Balaban J connectivity index is 1.88. The Bertz CT molecular complexity index is 775. The highest BCUT2D eigenvalue weighted by molar-refractivity contribution is 9.10. The Hall–Kier alpha value is -1.17. The minimum Gasteiger partial charge on any atom is -0.378 e. The van der Waals surface area contributed by atoms with E-state index in [1.54, 1.807) is 22.9 Å². The molecule has 102 valence electrons. The first kappa shape index (κ1) is 13.8. The number of fused-ring (bicyclic) bond motifs is 1. The van der Waals surface area contributed by atoms with E-state index in [4.69, 9.17) is 11.6 Å².